The molecule has 2 aromatic carbocycles. The molecule has 4 N–H and O–H groups in total. The Morgan fingerprint density at radius 3 is 2.28 bits per heavy atom. The Hall–Kier alpha value is -2.96. The van der Waals surface area contributed by atoms with Crippen molar-refractivity contribution in [3.05, 3.63) is 71.3 Å². The minimum absolute atomic E-state index is 0.260. The summed E-state index contributed by atoms with van der Waals surface area (Å²) in [5.74, 6) is -1.32. The quantitative estimate of drug-likeness (QED) is 0.750. The lowest BCUT2D eigenvalue weighted by atomic mass is 9.98. The van der Waals surface area contributed by atoms with Crippen LogP contribution in [0.25, 0.3) is 0 Å². The molecule has 0 aliphatic heterocycles. The number of primary amides is 1. The highest BCUT2D eigenvalue weighted by molar-refractivity contribution is 5.86. The second-order valence-corrected chi connectivity index (χ2v) is 5.68. The Balaban J connectivity index is 2.23. The third-order valence-electron chi connectivity index (χ3n) is 3.65. The van der Waals surface area contributed by atoms with E-state index in [1.165, 1.54) is 37.3 Å². The van der Waals surface area contributed by atoms with Crippen LogP contribution in [0.4, 0.5) is 13.6 Å². The van der Waals surface area contributed by atoms with Crippen molar-refractivity contribution in [1.29, 1.82) is 0 Å². The zero-order valence-corrected chi connectivity index (χ0v) is 13.6. The lowest BCUT2D eigenvalue weighted by Crippen LogP contribution is -2.47. The molecule has 7 heteroatoms. The number of nitrogens with two attached hydrogens (primary N) is 1. The zero-order chi connectivity index (χ0) is 18.4. The second-order valence-electron chi connectivity index (χ2n) is 5.68. The molecule has 0 aromatic heterocycles. The Morgan fingerprint density at radius 2 is 1.68 bits per heavy atom. The van der Waals surface area contributed by atoms with Crippen LogP contribution in [-0.2, 0) is 11.2 Å². The van der Waals surface area contributed by atoms with Crippen LogP contribution in [-0.4, -0.2) is 18.0 Å². The summed E-state index contributed by atoms with van der Waals surface area (Å²) in [6.07, 6.45) is 0.260. The lowest BCUT2D eigenvalue weighted by Gasteiger charge is -2.22. The molecule has 2 aromatic rings. The SMILES string of the molecule is C[C@@H](NC(N)=O)C(=O)N[C@@H](Cc1cccc(F)c1)c1cccc(F)c1. The number of benzene rings is 2. The van der Waals surface area contributed by atoms with Gasteiger partial charge >= 0.3 is 6.03 Å². The summed E-state index contributed by atoms with van der Waals surface area (Å²) in [6, 6.07) is 9.46. The smallest absolute Gasteiger partial charge is 0.312 e. The van der Waals surface area contributed by atoms with Gasteiger partial charge in [0.15, 0.2) is 0 Å². The average molecular weight is 347 g/mol. The van der Waals surface area contributed by atoms with Crippen LogP contribution in [0.1, 0.15) is 24.1 Å². The number of halogens is 2. The number of hydrogen-bond acceptors (Lipinski definition) is 2. The van der Waals surface area contributed by atoms with Crippen LogP contribution in [0.5, 0.6) is 0 Å². The predicted molar refractivity (Wildman–Crippen MR) is 89.6 cm³/mol. The largest absolute Gasteiger partial charge is 0.352 e. The summed E-state index contributed by atoms with van der Waals surface area (Å²) in [7, 11) is 0. The van der Waals surface area contributed by atoms with E-state index in [-0.39, 0.29) is 6.42 Å². The fourth-order valence-electron chi connectivity index (χ4n) is 2.45. The van der Waals surface area contributed by atoms with Gasteiger partial charge in [-0.3, -0.25) is 4.79 Å². The topological polar surface area (TPSA) is 84.2 Å². The normalized spacial score (nSPS) is 12.9. The summed E-state index contributed by atoms with van der Waals surface area (Å²) in [6.45, 7) is 1.48. The van der Waals surface area contributed by atoms with Crippen molar-refractivity contribution in [3.63, 3.8) is 0 Å². The Labute approximate surface area is 144 Å². The third-order valence-corrected chi connectivity index (χ3v) is 3.65. The summed E-state index contributed by atoms with van der Waals surface area (Å²) < 4.78 is 27.0. The number of amides is 3. The van der Waals surface area contributed by atoms with Gasteiger partial charge in [0.2, 0.25) is 5.91 Å². The minimum atomic E-state index is -0.860. The third kappa shape index (κ3) is 5.56. The molecular formula is C18H19F2N3O2. The van der Waals surface area contributed by atoms with Crippen LogP contribution in [0.15, 0.2) is 48.5 Å². The van der Waals surface area contributed by atoms with Crippen LogP contribution in [0.3, 0.4) is 0 Å². The number of hydrogen-bond donors (Lipinski definition) is 3. The van der Waals surface area contributed by atoms with Crippen molar-refractivity contribution in [3.8, 4) is 0 Å². The molecule has 5 nitrogen and oxygen atoms in total. The molecule has 2 rings (SSSR count). The zero-order valence-electron chi connectivity index (χ0n) is 13.6. The van der Waals surface area contributed by atoms with Gasteiger partial charge in [-0.2, -0.15) is 0 Å². The van der Waals surface area contributed by atoms with Gasteiger partial charge in [0.25, 0.3) is 0 Å². The molecule has 0 heterocycles. The number of urea groups is 1. The first-order chi connectivity index (χ1) is 11.8. The average Bonchev–Trinajstić information content (AvgIpc) is 2.53. The van der Waals surface area contributed by atoms with E-state index in [1.807, 2.05) is 0 Å². The molecule has 0 radical (unpaired) electrons. The van der Waals surface area contributed by atoms with Crippen molar-refractivity contribution < 1.29 is 18.4 Å². The van der Waals surface area contributed by atoms with E-state index in [0.29, 0.717) is 11.1 Å². The summed E-state index contributed by atoms with van der Waals surface area (Å²) in [5, 5.41) is 5.01. The fraction of sp³-hybridized carbons (Fsp3) is 0.222. The molecule has 2 atom stereocenters. The highest BCUT2D eigenvalue weighted by Crippen LogP contribution is 2.20. The number of nitrogens with one attached hydrogen (secondary N) is 2. The van der Waals surface area contributed by atoms with Crippen LogP contribution < -0.4 is 16.4 Å². The number of rotatable bonds is 6. The van der Waals surface area contributed by atoms with E-state index in [1.54, 1.807) is 18.2 Å². The van der Waals surface area contributed by atoms with Crippen molar-refractivity contribution in [2.75, 3.05) is 0 Å². The molecule has 25 heavy (non-hydrogen) atoms. The van der Waals surface area contributed by atoms with Gasteiger partial charge in [-0.05, 0) is 48.7 Å². The van der Waals surface area contributed by atoms with E-state index >= 15 is 0 Å². The van der Waals surface area contributed by atoms with E-state index < -0.39 is 35.7 Å². The number of carbonyl (C=O) groups is 2. The highest BCUT2D eigenvalue weighted by Gasteiger charge is 2.20. The first-order valence-electron chi connectivity index (χ1n) is 7.71. The molecule has 0 bridgehead atoms. The minimum Gasteiger partial charge on any atom is -0.352 e. The van der Waals surface area contributed by atoms with E-state index in [0.717, 1.165) is 0 Å². The molecule has 3 amide bonds. The highest BCUT2D eigenvalue weighted by atomic mass is 19.1. The summed E-state index contributed by atoms with van der Waals surface area (Å²) >= 11 is 0. The van der Waals surface area contributed by atoms with Crippen molar-refractivity contribution >= 4 is 11.9 Å². The number of carbonyl (C=O) groups excluding carboxylic acids is 2. The molecule has 0 saturated heterocycles. The van der Waals surface area contributed by atoms with E-state index in [2.05, 4.69) is 10.6 Å². The van der Waals surface area contributed by atoms with Crippen molar-refractivity contribution in [2.24, 2.45) is 5.73 Å². The second kappa shape index (κ2) is 8.23. The predicted octanol–water partition coefficient (Wildman–Crippen LogP) is 2.42. The maximum atomic E-state index is 13.6. The van der Waals surface area contributed by atoms with E-state index in [4.69, 9.17) is 5.73 Å². The standard InChI is InChI=1S/C18H19F2N3O2/c1-11(22-18(21)25)17(24)23-16(13-5-3-7-15(20)10-13)9-12-4-2-6-14(19)8-12/h2-8,10-11,16H,9H2,1H3,(H,23,24)(H3,21,22,25)/t11-,16+/m1/s1. The molecule has 0 aliphatic carbocycles. The first kappa shape index (κ1) is 18.4. The maximum absolute atomic E-state index is 13.6. The van der Waals surface area contributed by atoms with Crippen LogP contribution >= 0.6 is 0 Å². The fourth-order valence-corrected chi connectivity index (χ4v) is 2.45. The van der Waals surface area contributed by atoms with Gasteiger partial charge in [-0.15, -0.1) is 0 Å². The van der Waals surface area contributed by atoms with Gasteiger partial charge in [0.05, 0.1) is 6.04 Å². The summed E-state index contributed by atoms with van der Waals surface area (Å²) in [4.78, 5) is 23.1. The van der Waals surface area contributed by atoms with Crippen molar-refractivity contribution in [2.45, 2.75) is 25.4 Å². The first-order valence-corrected chi connectivity index (χ1v) is 7.71. The molecule has 0 spiro atoms. The maximum Gasteiger partial charge on any atom is 0.312 e. The van der Waals surface area contributed by atoms with Gasteiger partial charge in [0.1, 0.15) is 17.7 Å². The van der Waals surface area contributed by atoms with Gasteiger partial charge in [-0.1, -0.05) is 24.3 Å². The van der Waals surface area contributed by atoms with Crippen LogP contribution in [0.2, 0.25) is 0 Å². The van der Waals surface area contributed by atoms with E-state index in [9.17, 15) is 18.4 Å². The molecular weight excluding hydrogens is 328 g/mol. The molecule has 132 valence electrons. The molecule has 0 aliphatic rings. The Kier molecular flexibility index (Phi) is 6.05. The van der Waals surface area contributed by atoms with Gasteiger partial charge in [0, 0.05) is 0 Å². The Bertz CT molecular complexity index is 767. The van der Waals surface area contributed by atoms with Crippen LogP contribution in [0, 0.1) is 11.6 Å². The Morgan fingerprint density at radius 1 is 1.04 bits per heavy atom. The molecule has 0 fully saturated rings. The lowest BCUT2D eigenvalue weighted by molar-refractivity contribution is -0.123. The monoisotopic (exact) mass is 347 g/mol. The van der Waals surface area contributed by atoms with Crippen molar-refractivity contribution in [1.82, 2.24) is 10.6 Å². The van der Waals surface area contributed by atoms with Gasteiger partial charge in [-0.25, -0.2) is 13.6 Å². The summed E-state index contributed by atoms with van der Waals surface area (Å²) in [5.41, 5.74) is 6.19. The molecule has 0 saturated carbocycles. The molecule has 0 unspecified atom stereocenters. The van der Waals surface area contributed by atoms with Gasteiger partial charge < -0.3 is 16.4 Å².